The van der Waals surface area contributed by atoms with Gasteiger partial charge in [0.25, 0.3) is 0 Å². The number of thiazole rings is 1. The number of hydrogen-bond donors (Lipinski definition) is 1. The van der Waals surface area contributed by atoms with Gasteiger partial charge in [0, 0.05) is 23.0 Å². The van der Waals surface area contributed by atoms with E-state index in [9.17, 15) is 9.90 Å². The first kappa shape index (κ1) is 19.2. The first-order chi connectivity index (χ1) is 13.2. The quantitative estimate of drug-likeness (QED) is 0.651. The minimum Gasteiger partial charge on any atom is -0.481 e. The molecule has 1 unspecified atom stereocenters. The lowest BCUT2D eigenvalue weighted by Crippen LogP contribution is -2.41. The van der Waals surface area contributed by atoms with Crippen LogP contribution in [0.2, 0.25) is 0 Å². The maximum absolute atomic E-state index is 11.8. The van der Waals surface area contributed by atoms with Gasteiger partial charge >= 0.3 is 13.1 Å². The smallest absolute Gasteiger partial charge is 0.468 e. The van der Waals surface area contributed by atoms with E-state index in [2.05, 4.69) is 0 Å². The topological polar surface area (TPSA) is 73.1 Å². The lowest BCUT2D eigenvalue weighted by molar-refractivity contribution is -0.137. The third kappa shape index (κ3) is 3.15. The second-order valence-electron chi connectivity index (χ2n) is 8.10. The van der Waals surface area contributed by atoms with Crippen molar-refractivity contribution < 1.29 is 19.2 Å². The molecule has 0 spiro atoms. The fourth-order valence-electron chi connectivity index (χ4n) is 3.53. The van der Waals surface area contributed by atoms with E-state index in [1.807, 2.05) is 74.0 Å². The zero-order valence-electron chi connectivity index (χ0n) is 16.4. The molecule has 1 saturated heterocycles. The van der Waals surface area contributed by atoms with Crippen LogP contribution in [0.25, 0.3) is 16.2 Å². The molecule has 6 nitrogen and oxygen atoms in total. The Kier molecular flexibility index (Phi) is 4.60. The van der Waals surface area contributed by atoms with Crippen molar-refractivity contribution in [1.82, 2.24) is 9.38 Å². The molecular weight excluding hydrogens is 375 g/mol. The summed E-state index contributed by atoms with van der Waals surface area (Å²) in [6.45, 7) is 7.89. The van der Waals surface area contributed by atoms with Gasteiger partial charge in [-0.2, -0.15) is 0 Å². The van der Waals surface area contributed by atoms with Gasteiger partial charge in [-0.25, -0.2) is 4.98 Å². The Bertz CT molecular complexity index is 996. The largest absolute Gasteiger partial charge is 0.481 e. The van der Waals surface area contributed by atoms with Gasteiger partial charge in [0.15, 0.2) is 4.96 Å². The standard InChI is InChI=1S/C20H23BN2O4S/c1-19(2)20(3,4)27-21(26-19)14(12-15(24)25)17-16(13-8-6-5-7-9-13)22-18-23(17)10-11-28-18/h5-11,14H,12H2,1-4H3,(H,24,25). The van der Waals surface area contributed by atoms with E-state index in [1.54, 1.807) is 0 Å². The fourth-order valence-corrected chi connectivity index (χ4v) is 4.25. The number of aromatic nitrogens is 2. The van der Waals surface area contributed by atoms with Crippen molar-refractivity contribution in [2.45, 2.75) is 51.1 Å². The van der Waals surface area contributed by atoms with E-state index in [0.29, 0.717) is 0 Å². The molecule has 4 rings (SSSR count). The highest BCUT2D eigenvalue weighted by Gasteiger charge is 2.55. The van der Waals surface area contributed by atoms with E-state index in [4.69, 9.17) is 14.3 Å². The Morgan fingerprint density at radius 1 is 1.21 bits per heavy atom. The molecule has 1 atom stereocenters. The van der Waals surface area contributed by atoms with Crippen LogP contribution in [0, 0.1) is 0 Å². The maximum atomic E-state index is 11.8. The highest BCUT2D eigenvalue weighted by molar-refractivity contribution is 7.15. The zero-order valence-corrected chi connectivity index (χ0v) is 17.2. The Morgan fingerprint density at radius 2 is 1.86 bits per heavy atom. The summed E-state index contributed by atoms with van der Waals surface area (Å²) < 4.78 is 14.5. The average Bonchev–Trinajstić information content (AvgIpc) is 3.25. The lowest BCUT2D eigenvalue weighted by atomic mass is 9.67. The molecule has 8 heteroatoms. The summed E-state index contributed by atoms with van der Waals surface area (Å²) in [5.41, 5.74) is 1.44. The number of aliphatic carboxylic acids is 1. The number of carboxylic acid groups (broad SMARTS) is 1. The summed E-state index contributed by atoms with van der Waals surface area (Å²) in [6.07, 6.45) is 1.81. The van der Waals surface area contributed by atoms with Gasteiger partial charge in [0.1, 0.15) is 0 Å². The summed E-state index contributed by atoms with van der Waals surface area (Å²) in [5.74, 6) is -1.40. The van der Waals surface area contributed by atoms with Crippen LogP contribution in [0.15, 0.2) is 41.9 Å². The van der Waals surface area contributed by atoms with Crippen molar-refractivity contribution >= 4 is 29.4 Å². The van der Waals surface area contributed by atoms with E-state index in [0.717, 1.165) is 21.9 Å². The summed E-state index contributed by atoms with van der Waals surface area (Å²) in [4.78, 5) is 17.4. The van der Waals surface area contributed by atoms with Crippen LogP contribution in [0.3, 0.4) is 0 Å². The van der Waals surface area contributed by atoms with Crippen molar-refractivity contribution in [1.29, 1.82) is 0 Å². The van der Waals surface area contributed by atoms with Crippen molar-refractivity contribution in [2.24, 2.45) is 0 Å². The van der Waals surface area contributed by atoms with Gasteiger partial charge in [0.05, 0.1) is 29.0 Å². The zero-order chi connectivity index (χ0) is 20.1. The SMILES string of the molecule is CC1(C)OB(C(CC(=O)O)c2c(-c3ccccc3)nc3sccn23)OC1(C)C. The maximum Gasteiger partial charge on any atom is 0.468 e. The second-order valence-corrected chi connectivity index (χ2v) is 8.97. The molecular formula is C20H23BN2O4S. The molecule has 1 fully saturated rings. The molecule has 0 saturated carbocycles. The summed E-state index contributed by atoms with van der Waals surface area (Å²) in [7, 11) is -0.677. The molecule has 3 aromatic rings. The number of imidazole rings is 1. The van der Waals surface area contributed by atoms with E-state index < -0.39 is 30.1 Å². The van der Waals surface area contributed by atoms with Gasteiger partial charge in [-0.3, -0.25) is 9.20 Å². The number of benzene rings is 1. The molecule has 0 bridgehead atoms. The molecule has 1 N–H and O–H groups in total. The van der Waals surface area contributed by atoms with Crippen LogP contribution < -0.4 is 0 Å². The van der Waals surface area contributed by atoms with Gasteiger partial charge < -0.3 is 14.4 Å². The van der Waals surface area contributed by atoms with Crippen LogP contribution in [0.1, 0.15) is 45.6 Å². The van der Waals surface area contributed by atoms with Crippen molar-refractivity contribution in [3.63, 3.8) is 0 Å². The first-order valence-corrected chi connectivity index (χ1v) is 10.2. The molecule has 1 aliphatic rings. The van der Waals surface area contributed by atoms with Gasteiger partial charge in [-0.1, -0.05) is 30.3 Å². The number of rotatable bonds is 5. The first-order valence-electron chi connectivity index (χ1n) is 9.28. The fraction of sp³-hybridized carbons (Fsp3) is 0.400. The molecule has 0 radical (unpaired) electrons. The number of hydrogen-bond acceptors (Lipinski definition) is 5. The second kappa shape index (κ2) is 6.72. The molecule has 28 heavy (non-hydrogen) atoms. The lowest BCUT2D eigenvalue weighted by Gasteiger charge is -2.32. The monoisotopic (exact) mass is 398 g/mol. The predicted molar refractivity (Wildman–Crippen MR) is 110 cm³/mol. The normalized spacial score (nSPS) is 19.2. The number of carbonyl (C=O) groups is 1. The summed E-state index contributed by atoms with van der Waals surface area (Å²) >= 11 is 1.52. The molecule has 0 amide bonds. The Morgan fingerprint density at radius 3 is 2.46 bits per heavy atom. The van der Waals surface area contributed by atoms with E-state index >= 15 is 0 Å². The van der Waals surface area contributed by atoms with Gasteiger partial charge in [-0.15, -0.1) is 11.3 Å². The third-order valence-electron chi connectivity index (χ3n) is 5.69. The van der Waals surface area contributed by atoms with Crippen molar-refractivity contribution in [2.75, 3.05) is 0 Å². The molecule has 1 aromatic carbocycles. The highest BCUT2D eigenvalue weighted by Crippen LogP contribution is 2.44. The van der Waals surface area contributed by atoms with Crippen molar-refractivity contribution in [3.05, 3.63) is 47.6 Å². The van der Waals surface area contributed by atoms with Crippen LogP contribution in [-0.2, 0) is 14.1 Å². The minimum atomic E-state index is -0.899. The molecule has 146 valence electrons. The Hall–Kier alpha value is -2.16. The predicted octanol–water partition coefficient (Wildman–Crippen LogP) is 4.25. The minimum absolute atomic E-state index is 0.111. The van der Waals surface area contributed by atoms with E-state index in [1.165, 1.54) is 11.3 Å². The van der Waals surface area contributed by atoms with Crippen LogP contribution in [-0.4, -0.2) is 38.8 Å². The van der Waals surface area contributed by atoms with Gasteiger partial charge in [0.2, 0.25) is 0 Å². The number of fused-ring (bicyclic) bond motifs is 1. The summed E-state index contributed by atoms with van der Waals surface area (Å²) in [6, 6.07) is 9.82. The molecule has 1 aliphatic heterocycles. The van der Waals surface area contributed by atoms with Gasteiger partial charge in [-0.05, 0) is 27.7 Å². The van der Waals surface area contributed by atoms with Crippen molar-refractivity contribution in [3.8, 4) is 11.3 Å². The number of nitrogens with zero attached hydrogens (tertiary/aromatic N) is 2. The molecule has 0 aliphatic carbocycles. The van der Waals surface area contributed by atoms with Crippen LogP contribution in [0.4, 0.5) is 0 Å². The van der Waals surface area contributed by atoms with Crippen LogP contribution >= 0.6 is 11.3 Å². The highest BCUT2D eigenvalue weighted by atomic mass is 32.1. The average molecular weight is 398 g/mol. The summed E-state index contributed by atoms with van der Waals surface area (Å²) in [5, 5.41) is 11.6. The third-order valence-corrected chi connectivity index (χ3v) is 6.45. The molecule has 3 heterocycles. The Balaban J connectivity index is 1.87. The van der Waals surface area contributed by atoms with Crippen LogP contribution in [0.5, 0.6) is 0 Å². The molecule has 2 aromatic heterocycles. The van der Waals surface area contributed by atoms with E-state index in [-0.39, 0.29) is 6.42 Å². The number of carboxylic acids is 1. The Labute approximate surface area is 168 Å².